The van der Waals surface area contributed by atoms with E-state index in [9.17, 15) is 15.0 Å². The van der Waals surface area contributed by atoms with E-state index in [4.69, 9.17) is 0 Å². The van der Waals surface area contributed by atoms with E-state index >= 15 is 0 Å². The molecule has 0 saturated heterocycles. The number of ether oxygens (including phenoxy) is 1. The van der Waals surface area contributed by atoms with Crippen LogP contribution in [0.25, 0.3) is 10.8 Å². The maximum Gasteiger partial charge on any atom is 0.298 e. The number of phenols is 2. The van der Waals surface area contributed by atoms with Crippen LogP contribution >= 0.6 is 0 Å². The van der Waals surface area contributed by atoms with E-state index in [1.807, 2.05) is 0 Å². The van der Waals surface area contributed by atoms with Crippen molar-refractivity contribution in [1.82, 2.24) is 0 Å². The summed E-state index contributed by atoms with van der Waals surface area (Å²) in [7, 11) is 0. The number of hydrogen-bond acceptors (Lipinski definition) is 4. The quantitative estimate of drug-likeness (QED) is 0.732. The van der Waals surface area contributed by atoms with Gasteiger partial charge in [0.25, 0.3) is 6.47 Å². The third-order valence-corrected chi connectivity index (χ3v) is 2.11. The minimum absolute atomic E-state index is 0.0699. The molecule has 0 fully saturated rings. The summed E-state index contributed by atoms with van der Waals surface area (Å²) >= 11 is 0. The van der Waals surface area contributed by atoms with Crippen molar-refractivity contribution in [3.8, 4) is 17.2 Å². The molecule has 0 amide bonds. The molecule has 0 radical (unpaired) electrons. The minimum atomic E-state index is -0.184. The average Bonchev–Trinajstić information content (AvgIpc) is 2.21. The van der Waals surface area contributed by atoms with Crippen molar-refractivity contribution in [3.05, 3.63) is 30.3 Å². The highest BCUT2D eigenvalue weighted by Crippen LogP contribution is 2.34. The first-order chi connectivity index (χ1) is 7.22. The van der Waals surface area contributed by atoms with Crippen molar-refractivity contribution in [1.29, 1.82) is 0 Å². The lowest BCUT2D eigenvalue weighted by Crippen LogP contribution is -1.89. The molecule has 0 saturated carbocycles. The fraction of sp³-hybridized carbons (Fsp3) is 0. The molecule has 0 heterocycles. The van der Waals surface area contributed by atoms with E-state index in [1.54, 1.807) is 12.1 Å². The van der Waals surface area contributed by atoms with Crippen molar-refractivity contribution in [2.45, 2.75) is 0 Å². The number of carbonyl (C=O) groups is 1. The van der Waals surface area contributed by atoms with Gasteiger partial charge in [0.15, 0.2) is 11.5 Å². The standard InChI is InChI=1S/C11H8O4/c12-6-15-11-4-7-2-1-3-9(13)8(7)5-10(11)14/h1-6,13-14H. The number of phenolic OH excluding ortho intramolecular Hbond substituents is 2. The highest BCUT2D eigenvalue weighted by atomic mass is 16.5. The highest BCUT2D eigenvalue weighted by Gasteiger charge is 2.07. The van der Waals surface area contributed by atoms with Crippen molar-refractivity contribution in [3.63, 3.8) is 0 Å². The first-order valence-corrected chi connectivity index (χ1v) is 4.27. The third-order valence-electron chi connectivity index (χ3n) is 2.11. The fourth-order valence-corrected chi connectivity index (χ4v) is 1.42. The zero-order valence-corrected chi connectivity index (χ0v) is 7.68. The van der Waals surface area contributed by atoms with Crippen LogP contribution in [0.5, 0.6) is 17.2 Å². The second kappa shape index (κ2) is 3.49. The second-order valence-electron chi connectivity index (χ2n) is 3.03. The summed E-state index contributed by atoms with van der Waals surface area (Å²) in [6.07, 6.45) is 0. The molecule has 4 heteroatoms. The van der Waals surface area contributed by atoms with Gasteiger partial charge in [0.05, 0.1) is 0 Å². The first-order valence-electron chi connectivity index (χ1n) is 4.27. The van der Waals surface area contributed by atoms with E-state index in [0.29, 0.717) is 10.8 Å². The third kappa shape index (κ3) is 1.57. The molecule has 0 aromatic heterocycles. The Morgan fingerprint density at radius 1 is 1.13 bits per heavy atom. The van der Waals surface area contributed by atoms with Gasteiger partial charge >= 0.3 is 0 Å². The maximum atomic E-state index is 10.1. The van der Waals surface area contributed by atoms with Crippen molar-refractivity contribution >= 4 is 17.2 Å². The van der Waals surface area contributed by atoms with Crippen LogP contribution in [-0.4, -0.2) is 16.7 Å². The van der Waals surface area contributed by atoms with Gasteiger partial charge in [-0.1, -0.05) is 12.1 Å². The molecule has 0 atom stereocenters. The molecule has 0 spiro atoms. The van der Waals surface area contributed by atoms with Crippen molar-refractivity contribution in [2.24, 2.45) is 0 Å². The van der Waals surface area contributed by atoms with Crippen molar-refractivity contribution in [2.75, 3.05) is 0 Å². The number of aromatic hydroxyl groups is 2. The largest absolute Gasteiger partial charge is 0.507 e. The van der Waals surface area contributed by atoms with E-state index in [2.05, 4.69) is 4.74 Å². The van der Waals surface area contributed by atoms with E-state index < -0.39 is 0 Å². The molecular weight excluding hydrogens is 196 g/mol. The fourth-order valence-electron chi connectivity index (χ4n) is 1.42. The monoisotopic (exact) mass is 204 g/mol. The normalized spacial score (nSPS) is 10.1. The van der Waals surface area contributed by atoms with Gasteiger partial charge in [0, 0.05) is 5.39 Å². The Kier molecular flexibility index (Phi) is 2.17. The molecule has 2 aromatic carbocycles. The molecule has 4 nitrogen and oxygen atoms in total. The van der Waals surface area contributed by atoms with Crippen LogP contribution < -0.4 is 4.74 Å². The van der Waals surface area contributed by atoms with Crippen LogP contribution in [0.1, 0.15) is 0 Å². The van der Waals surface area contributed by atoms with Crippen LogP contribution in [0.3, 0.4) is 0 Å². The number of hydrogen-bond donors (Lipinski definition) is 2. The van der Waals surface area contributed by atoms with E-state index in [1.165, 1.54) is 18.2 Å². The molecule has 76 valence electrons. The Labute approximate surface area is 85.3 Å². The lowest BCUT2D eigenvalue weighted by molar-refractivity contribution is -0.120. The van der Waals surface area contributed by atoms with Gasteiger partial charge in [-0.05, 0) is 23.6 Å². The van der Waals surface area contributed by atoms with Gasteiger partial charge in [-0.3, -0.25) is 4.79 Å². The van der Waals surface area contributed by atoms with Gasteiger partial charge in [-0.15, -0.1) is 0 Å². The van der Waals surface area contributed by atoms with Gasteiger partial charge in [-0.2, -0.15) is 0 Å². The van der Waals surface area contributed by atoms with Gasteiger partial charge < -0.3 is 14.9 Å². The molecule has 0 unspecified atom stereocenters. The van der Waals surface area contributed by atoms with Crippen LogP contribution in [0.2, 0.25) is 0 Å². The lowest BCUT2D eigenvalue weighted by Gasteiger charge is -2.05. The summed E-state index contributed by atoms with van der Waals surface area (Å²) in [5, 5.41) is 20.2. The lowest BCUT2D eigenvalue weighted by atomic mass is 10.1. The highest BCUT2D eigenvalue weighted by molar-refractivity contribution is 5.91. The van der Waals surface area contributed by atoms with Crippen LogP contribution in [0, 0.1) is 0 Å². The maximum absolute atomic E-state index is 10.1. The molecule has 0 aliphatic carbocycles. The Balaban J connectivity index is 2.70. The van der Waals surface area contributed by atoms with Crippen molar-refractivity contribution < 1.29 is 19.7 Å². The number of benzene rings is 2. The zero-order chi connectivity index (χ0) is 10.8. The van der Waals surface area contributed by atoms with Crippen LogP contribution in [-0.2, 0) is 4.79 Å². The van der Waals surface area contributed by atoms with Gasteiger partial charge in [-0.25, -0.2) is 0 Å². The van der Waals surface area contributed by atoms with Crippen LogP contribution in [0.4, 0.5) is 0 Å². The van der Waals surface area contributed by atoms with Gasteiger partial charge in [0.1, 0.15) is 5.75 Å². The molecule has 15 heavy (non-hydrogen) atoms. The Morgan fingerprint density at radius 3 is 2.67 bits per heavy atom. The summed E-state index contributed by atoms with van der Waals surface area (Å²) in [5.41, 5.74) is 0. The predicted molar refractivity (Wildman–Crippen MR) is 54.0 cm³/mol. The molecule has 0 bridgehead atoms. The summed E-state index contributed by atoms with van der Waals surface area (Å²) in [6, 6.07) is 7.76. The SMILES string of the molecule is O=COc1cc2cccc(O)c2cc1O. The van der Waals surface area contributed by atoms with E-state index in [0.717, 1.165) is 0 Å². The summed E-state index contributed by atoms with van der Waals surface area (Å²) < 4.78 is 4.57. The smallest absolute Gasteiger partial charge is 0.298 e. The first kappa shape index (κ1) is 9.33. The molecule has 0 aliphatic heterocycles. The summed E-state index contributed by atoms with van der Waals surface area (Å²) in [6.45, 7) is 0.240. The average molecular weight is 204 g/mol. The van der Waals surface area contributed by atoms with E-state index in [-0.39, 0.29) is 23.7 Å². The topological polar surface area (TPSA) is 66.8 Å². The minimum Gasteiger partial charge on any atom is -0.507 e. The number of rotatable bonds is 2. The molecular formula is C11H8O4. The molecule has 2 rings (SSSR count). The Morgan fingerprint density at radius 2 is 1.93 bits per heavy atom. The Hall–Kier alpha value is -2.23. The number of fused-ring (bicyclic) bond motifs is 1. The van der Waals surface area contributed by atoms with Crippen LogP contribution in [0.15, 0.2) is 30.3 Å². The summed E-state index contributed by atoms with van der Waals surface area (Å²) in [5.74, 6) is -0.0420. The number of carbonyl (C=O) groups excluding carboxylic acids is 1. The Bertz CT molecular complexity index is 519. The molecule has 2 aromatic rings. The summed E-state index contributed by atoms with van der Waals surface area (Å²) in [4.78, 5) is 10.1. The molecule has 2 N–H and O–H groups in total. The zero-order valence-electron chi connectivity index (χ0n) is 7.68. The molecule has 0 aliphatic rings. The predicted octanol–water partition coefficient (Wildman–Crippen LogP) is 1.79. The second-order valence-corrected chi connectivity index (χ2v) is 3.03. The van der Waals surface area contributed by atoms with Gasteiger partial charge in [0.2, 0.25) is 0 Å².